The highest BCUT2D eigenvalue weighted by Gasteiger charge is 2.15. The molecule has 2 aromatic heterocycles. The molecule has 108 valence electrons. The zero-order valence-electron chi connectivity index (χ0n) is 11.5. The van der Waals surface area contributed by atoms with Crippen LogP contribution in [0.15, 0.2) is 17.5 Å². The topological polar surface area (TPSA) is 68.0 Å². The number of nitrogens with two attached hydrogens (primary N) is 1. The monoisotopic (exact) mass is 309 g/mol. The van der Waals surface area contributed by atoms with Gasteiger partial charge in [-0.25, -0.2) is 4.98 Å². The first kappa shape index (κ1) is 15.0. The number of hydrogen-bond acceptors (Lipinski definition) is 5. The summed E-state index contributed by atoms with van der Waals surface area (Å²) in [4.78, 5) is 18.3. The molecule has 0 aliphatic rings. The molecule has 2 rings (SSSR count). The normalized spacial score (nSPS) is 10.7. The molecule has 2 heterocycles. The Balaban J connectivity index is 1.97. The number of rotatable bonds is 7. The van der Waals surface area contributed by atoms with Gasteiger partial charge in [0.1, 0.15) is 0 Å². The summed E-state index contributed by atoms with van der Waals surface area (Å²) in [6.45, 7) is 2.89. The number of carbonyl (C=O) groups is 1. The van der Waals surface area contributed by atoms with E-state index in [1.807, 2.05) is 17.5 Å². The average Bonchev–Trinajstić information content (AvgIpc) is 3.04. The summed E-state index contributed by atoms with van der Waals surface area (Å²) < 4.78 is 0. The molecular formula is C14H19N3OS2. The minimum atomic E-state index is 0.0440. The van der Waals surface area contributed by atoms with E-state index in [4.69, 9.17) is 5.73 Å². The van der Waals surface area contributed by atoms with Crippen molar-refractivity contribution in [2.24, 2.45) is 0 Å². The SMILES string of the molecule is CCCCCNC(=O)Cc1sc(N)nc1-c1cccs1. The minimum Gasteiger partial charge on any atom is -0.375 e. The number of unbranched alkanes of at least 4 members (excludes halogenated alkanes) is 2. The van der Waals surface area contributed by atoms with Gasteiger partial charge in [-0.2, -0.15) is 0 Å². The van der Waals surface area contributed by atoms with Gasteiger partial charge in [-0.15, -0.1) is 22.7 Å². The largest absolute Gasteiger partial charge is 0.375 e. The van der Waals surface area contributed by atoms with Crippen molar-refractivity contribution >= 4 is 33.7 Å². The van der Waals surface area contributed by atoms with Crippen LogP contribution in [0.2, 0.25) is 0 Å². The van der Waals surface area contributed by atoms with Gasteiger partial charge in [0.2, 0.25) is 5.91 Å². The van der Waals surface area contributed by atoms with Crippen LogP contribution in [-0.4, -0.2) is 17.4 Å². The van der Waals surface area contributed by atoms with Crippen LogP contribution in [0.4, 0.5) is 5.13 Å². The molecule has 0 aliphatic heterocycles. The number of nitrogens with one attached hydrogen (secondary N) is 1. The zero-order chi connectivity index (χ0) is 14.4. The second kappa shape index (κ2) is 7.40. The van der Waals surface area contributed by atoms with Crippen LogP contribution < -0.4 is 11.1 Å². The van der Waals surface area contributed by atoms with Gasteiger partial charge in [-0.05, 0) is 17.9 Å². The van der Waals surface area contributed by atoms with E-state index in [0.29, 0.717) is 11.6 Å². The van der Waals surface area contributed by atoms with Gasteiger partial charge in [-0.3, -0.25) is 4.79 Å². The molecule has 0 saturated heterocycles. The predicted molar refractivity (Wildman–Crippen MR) is 86.1 cm³/mol. The number of nitrogens with zero attached hydrogens (tertiary/aromatic N) is 1. The third-order valence-electron chi connectivity index (χ3n) is 2.89. The fourth-order valence-corrected chi connectivity index (χ4v) is 3.56. The second-order valence-corrected chi connectivity index (χ2v) is 6.60. The molecule has 0 saturated carbocycles. The maximum absolute atomic E-state index is 11.9. The van der Waals surface area contributed by atoms with E-state index in [1.54, 1.807) is 11.3 Å². The van der Waals surface area contributed by atoms with Crippen molar-refractivity contribution in [3.63, 3.8) is 0 Å². The standard InChI is InChI=1S/C14H19N3OS2/c1-2-3-4-7-16-12(18)9-11-13(17-14(15)20-11)10-6-5-8-19-10/h5-6,8H,2-4,7,9H2,1H3,(H2,15,17)(H,16,18). The van der Waals surface area contributed by atoms with Gasteiger partial charge in [-0.1, -0.05) is 25.8 Å². The van der Waals surface area contributed by atoms with Crippen molar-refractivity contribution in [3.8, 4) is 10.6 Å². The van der Waals surface area contributed by atoms with Crippen molar-refractivity contribution in [2.45, 2.75) is 32.6 Å². The lowest BCUT2D eigenvalue weighted by atomic mass is 10.2. The van der Waals surface area contributed by atoms with Crippen molar-refractivity contribution in [3.05, 3.63) is 22.4 Å². The molecule has 20 heavy (non-hydrogen) atoms. The number of aromatic nitrogens is 1. The van der Waals surface area contributed by atoms with Gasteiger partial charge in [0, 0.05) is 11.4 Å². The summed E-state index contributed by atoms with van der Waals surface area (Å²) in [6.07, 6.45) is 3.69. The summed E-state index contributed by atoms with van der Waals surface area (Å²) in [5.41, 5.74) is 6.63. The van der Waals surface area contributed by atoms with Crippen LogP contribution in [0.5, 0.6) is 0 Å². The summed E-state index contributed by atoms with van der Waals surface area (Å²) >= 11 is 3.01. The van der Waals surface area contributed by atoms with Crippen molar-refractivity contribution < 1.29 is 4.79 Å². The lowest BCUT2D eigenvalue weighted by Crippen LogP contribution is -2.25. The fourth-order valence-electron chi connectivity index (χ4n) is 1.91. The Labute approximate surface area is 127 Å². The Bertz CT molecular complexity index is 549. The van der Waals surface area contributed by atoms with Gasteiger partial charge in [0.25, 0.3) is 0 Å². The van der Waals surface area contributed by atoms with Crippen LogP contribution in [0, 0.1) is 0 Å². The van der Waals surface area contributed by atoms with Crippen LogP contribution in [0.25, 0.3) is 10.6 Å². The summed E-state index contributed by atoms with van der Waals surface area (Å²) in [7, 11) is 0. The van der Waals surface area contributed by atoms with Gasteiger partial charge >= 0.3 is 0 Å². The summed E-state index contributed by atoms with van der Waals surface area (Å²) in [5.74, 6) is 0.0440. The number of thiazole rings is 1. The third-order valence-corrected chi connectivity index (χ3v) is 4.65. The van der Waals surface area contributed by atoms with E-state index in [-0.39, 0.29) is 5.91 Å². The van der Waals surface area contributed by atoms with E-state index in [2.05, 4.69) is 17.2 Å². The predicted octanol–water partition coefficient (Wildman–Crippen LogP) is 3.30. The first-order valence-electron chi connectivity index (χ1n) is 6.76. The van der Waals surface area contributed by atoms with Crippen molar-refractivity contribution in [1.29, 1.82) is 0 Å². The highest BCUT2D eigenvalue weighted by molar-refractivity contribution is 7.17. The Morgan fingerprint density at radius 2 is 2.30 bits per heavy atom. The lowest BCUT2D eigenvalue weighted by Gasteiger charge is -2.04. The maximum atomic E-state index is 11.9. The molecule has 6 heteroatoms. The number of amides is 1. The quantitative estimate of drug-likeness (QED) is 0.771. The van der Waals surface area contributed by atoms with E-state index in [0.717, 1.165) is 41.3 Å². The number of hydrogen-bond donors (Lipinski definition) is 2. The minimum absolute atomic E-state index is 0.0440. The maximum Gasteiger partial charge on any atom is 0.225 e. The molecule has 1 amide bonds. The second-order valence-electron chi connectivity index (χ2n) is 4.54. The smallest absolute Gasteiger partial charge is 0.225 e. The van der Waals surface area contributed by atoms with E-state index < -0.39 is 0 Å². The molecular weight excluding hydrogens is 290 g/mol. The summed E-state index contributed by atoms with van der Waals surface area (Å²) in [6, 6.07) is 3.98. The van der Waals surface area contributed by atoms with Crippen molar-refractivity contribution in [2.75, 3.05) is 12.3 Å². The molecule has 0 unspecified atom stereocenters. The number of thiophene rings is 1. The van der Waals surface area contributed by atoms with E-state index in [1.165, 1.54) is 11.3 Å². The molecule has 0 aromatic carbocycles. The van der Waals surface area contributed by atoms with Crippen LogP contribution in [0.3, 0.4) is 0 Å². The van der Waals surface area contributed by atoms with E-state index >= 15 is 0 Å². The average molecular weight is 309 g/mol. The first-order valence-corrected chi connectivity index (χ1v) is 8.46. The Hall–Kier alpha value is -1.40. The number of carbonyl (C=O) groups excluding carboxylic acids is 1. The first-order chi connectivity index (χ1) is 9.70. The highest BCUT2D eigenvalue weighted by atomic mass is 32.1. The van der Waals surface area contributed by atoms with Gasteiger partial charge in [0.15, 0.2) is 5.13 Å². The molecule has 0 spiro atoms. The Morgan fingerprint density at radius 1 is 1.45 bits per heavy atom. The van der Waals surface area contributed by atoms with Crippen LogP contribution in [0.1, 0.15) is 31.1 Å². The fraction of sp³-hybridized carbons (Fsp3) is 0.429. The lowest BCUT2D eigenvalue weighted by molar-refractivity contribution is -0.120. The summed E-state index contributed by atoms with van der Waals surface area (Å²) in [5, 5.41) is 5.47. The zero-order valence-corrected chi connectivity index (χ0v) is 13.1. The Morgan fingerprint density at radius 3 is 3.00 bits per heavy atom. The molecule has 0 fully saturated rings. The van der Waals surface area contributed by atoms with Gasteiger partial charge < -0.3 is 11.1 Å². The van der Waals surface area contributed by atoms with Crippen LogP contribution in [-0.2, 0) is 11.2 Å². The van der Waals surface area contributed by atoms with Crippen LogP contribution >= 0.6 is 22.7 Å². The number of nitrogen functional groups attached to an aromatic ring is 1. The molecule has 0 radical (unpaired) electrons. The highest BCUT2D eigenvalue weighted by Crippen LogP contribution is 2.32. The molecule has 2 aromatic rings. The Kier molecular flexibility index (Phi) is 5.55. The molecule has 0 bridgehead atoms. The van der Waals surface area contributed by atoms with Crippen molar-refractivity contribution in [1.82, 2.24) is 10.3 Å². The van der Waals surface area contributed by atoms with Gasteiger partial charge in [0.05, 0.1) is 17.0 Å². The molecule has 0 aliphatic carbocycles. The molecule has 0 atom stereocenters. The third kappa shape index (κ3) is 4.05. The molecule has 3 N–H and O–H groups in total. The molecule has 4 nitrogen and oxygen atoms in total. The number of anilines is 1. The van der Waals surface area contributed by atoms with E-state index in [9.17, 15) is 4.79 Å².